The molecule has 0 aliphatic rings. The number of hydrogen-bond donors (Lipinski definition) is 0. The second-order valence-corrected chi connectivity index (χ2v) is 21.3. The van der Waals surface area contributed by atoms with Crippen LogP contribution in [0.2, 0.25) is 0 Å². The van der Waals surface area contributed by atoms with Gasteiger partial charge in [-0.25, -0.2) is 9.59 Å². The summed E-state index contributed by atoms with van der Waals surface area (Å²) >= 11 is 0. The van der Waals surface area contributed by atoms with Crippen LogP contribution in [0.4, 0.5) is 0 Å². The second-order valence-electron chi connectivity index (χ2n) is 21.3. The Kier molecular flexibility index (Phi) is 13.9. The van der Waals surface area contributed by atoms with Crippen LogP contribution < -0.4 is 14.2 Å². The molecule has 0 fully saturated rings. The molecular weight excluding hydrogens is 873 g/mol. The molecule has 0 radical (unpaired) electrons. The standard InChI is InChI=1S/C66H66O5/c1-43-13-21-47(22-14-43)63(5,6)51-29-35-55(36-30-51)69-61(67)57-41-53(65(9,10)49-25-17-45(3)18-26-49)33-39-59(57)71-60-40-34-54(66(11,12)50-27-19-46(4)20-28-50)42-58(60)62(68)70-56-37-31-52(32-38-56)64(7,8)48-23-15-44(2)16-24-48/h13-42H,1-12H3. The summed E-state index contributed by atoms with van der Waals surface area (Å²) in [5.41, 5.74) is 12.1. The molecule has 0 atom stereocenters. The first-order chi connectivity index (χ1) is 33.6. The number of carbonyl (C=O) groups excluding carboxylic acids is 2. The van der Waals surface area contributed by atoms with Crippen molar-refractivity contribution in [2.45, 2.75) is 105 Å². The molecular formula is C66H66O5. The first-order valence-corrected chi connectivity index (χ1v) is 24.5. The van der Waals surface area contributed by atoms with Gasteiger partial charge in [0.15, 0.2) is 0 Å². The van der Waals surface area contributed by atoms with Crippen LogP contribution in [0.15, 0.2) is 182 Å². The van der Waals surface area contributed by atoms with Crippen LogP contribution >= 0.6 is 0 Å². The van der Waals surface area contributed by atoms with E-state index in [-0.39, 0.29) is 33.5 Å². The molecule has 0 aromatic heterocycles. The molecule has 360 valence electrons. The third kappa shape index (κ3) is 10.7. The summed E-state index contributed by atoms with van der Waals surface area (Å²) in [5.74, 6) is 0.0698. The van der Waals surface area contributed by atoms with Gasteiger partial charge in [0.1, 0.15) is 34.1 Å². The number of esters is 2. The third-order valence-corrected chi connectivity index (χ3v) is 14.7. The van der Waals surface area contributed by atoms with E-state index in [1.807, 2.05) is 72.8 Å². The average molecular weight is 939 g/mol. The van der Waals surface area contributed by atoms with Crippen molar-refractivity contribution in [2.24, 2.45) is 0 Å². The lowest BCUT2D eigenvalue weighted by Gasteiger charge is -2.28. The van der Waals surface area contributed by atoms with Crippen LogP contribution in [0, 0.1) is 27.7 Å². The zero-order valence-corrected chi connectivity index (χ0v) is 43.4. The highest BCUT2D eigenvalue weighted by molar-refractivity contribution is 5.96. The fourth-order valence-corrected chi connectivity index (χ4v) is 9.20. The molecule has 8 aromatic rings. The van der Waals surface area contributed by atoms with E-state index in [9.17, 15) is 9.59 Å². The molecule has 0 aliphatic carbocycles. The molecule has 5 nitrogen and oxygen atoms in total. The van der Waals surface area contributed by atoms with Gasteiger partial charge in [0.2, 0.25) is 0 Å². The van der Waals surface area contributed by atoms with E-state index < -0.39 is 22.8 Å². The monoisotopic (exact) mass is 938 g/mol. The van der Waals surface area contributed by atoms with Gasteiger partial charge >= 0.3 is 11.9 Å². The zero-order valence-electron chi connectivity index (χ0n) is 43.4. The fourth-order valence-electron chi connectivity index (χ4n) is 9.20. The maximum Gasteiger partial charge on any atom is 0.347 e. The van der Waals surface area contributed by atoms with Gasteiger partial charge in [0.05, 0.1) is 0 Å². The number of ether oxygens (including phenoxy) is 3. The van der Waals surface area contributed by atoms with Gasteiger partial charge in [0, 0.05) is 21.7 Å². The van der Waals surface area contributed by atoms with E-state index in [0.29, 0.717) is 11.5 Å². The molecule has 0 bridgehead atoms. The van der Waals surface area contributed by atoms with Crippen LogP contribution in [0.1, 0.15) is 143 Å². The summed E-state index contributed by atoms with van der Waals surface area (Å²) in [5, 5.41) is 0. The Morgan fingerprint density at radius 1 is 0.296 bits per heavy atom. The topological polar surface area (TPSA) is 61.8 Å². The lowest BCUT2D eigenvalue weighted by Crippen LogP contribution is -2.21. The van der Waals surface area contributed by atoms with Gasteiger partial charge in [-0.3, -0.25) is 0 Å². The molecule has 0 spiro atoms. The van der Waals surface area contributed by atoms with Crippen LogP contribution in [-0.2, 0) is 21.7 Å². The van der Waals surface area contributed by atoms with Crippen molar-refractivity contribution in [3.05, 3.63) is 260 Å². The van der Waals surface area contributed by atoms with Crippen LogP contribution in [0.25, 0.3) is 0 Å². The minimum Gasteiger partial charge on any atom is -0.456 e. The predicted octanol–water partition coefficient (Wildman–Crippen LogP) is 16.5. The highest BCUT2D eigenvalue weighted by atomic mass is 16.5. The van der Waals surface area contributed by atoms with E-state index >= 15 is 0 Å². The molecule has 0 saturated carbocycles. The third-order valence-electron chi connectivity index (χ3n) is 14.7. The predicted molar refractivity (Wildman–Crippen MR) is 289 cm³/mol. The summed E-state index contributed by atoms with van der Waals surface area (Å²) < 4.78 is 19.2. The maximum absolute atomic E-state index is 14.7. The van der Waals surface area contributed by atoms with Crippen molar-refractivity contribution in [3.63, 3.8) is 0 Å². The largest absolute Gasteiger partial charge is 0.456 e. The Balaban J connectivity index is 1.16. The number of aryl methyl sites for hydroxylation is 4. The second kappa shape index (κ2) is 19.7. The highest BCUT2D eigenvalue weighted by Gasteiger charge is 2.31. The summed E-state index contributed by atoms with van der Waals surface area (Å²) in [6.07, 6.45) is 0. The van der Waals surface area contributed by atoms with Crippen molar-refractivity contribution in [1.82, 2.24) is 0 Å². The van der Waals surface area contributed by atoms with Crippen molar-refractivity contribution in [1.29, 1.82) is 0 Å². The van der Waals surface area contributed by atoms with E-state index in [2.05, 4.69) is 180 Å². The Bertz CT molecular complexity index is 2950. The normalized spacial score (nSPS) is 12.1. The molecule has 0 saturated heterocycles. The van der Waals surface area contributed by atoms with E-state index in [4.69, 9.17) is 14.2 Å². The van der Waals surface area contributed by atoms with Crippen LogP contribution in [-0.4, -0.2) is 11.9 Å². The fraction of sp³-hybridized carbons (Fsp3) is 0.242. The Hall–Kier alpha value is -7.50. The minimum absolute atomic E-state index is 0.210. The SMILES string of the molecule is Cc1ccc(C(C)(C)c2ccc(OC(=O)c3cc(C(C)(C)c4ccc(C)cc4)ccc3Oc3ccc(C(C)(C)c4ccc(C)cc4)cc3C(=O)Oc3ccc(C(C)(C)c4ccc(C)cc4)cc3)cc2)cc1. The quantitative estimate of drug-likeness (QED) is 0.0803. The Morgan fingerprint density at radius 2 is 0.507 bits per heavy atom. The lowest BCUT2D eigenvalue weighted by molar-refractivity contribution is 0.0726. The number of benzene rings is 8. The van der Waals surface area contributed by atoms with Crippen LogP contribution in [0.3, 0.4) is 0 Å². The van der Waals surface area contributed by atoms with Gasteiger partial charge in [0.25, 0.3) is 0 Å². The average Bonchev–Trinajstić information content (AvgIpc) is 3.35. The number of hydrogen-bond acceptors (Lipinski definition) is 5. The molecule has 0 aliphatic heterocycles. The smallest absolute Gasteiger partial charge is 0.347 e. The van der Waals surface area contributed by atoms with Gasteiger partial charge < -0.3 is 14.2 Å². The zero-order chi connectivity index (χ0) is 50.9. The highest BCUT2D eigenvalue weighted by Crippen LogP contribution is 2.41. The molecule has 0 amide bonds. The van der Waals surface area contributed by atoms with Gasteiger partial charge in [-0.1, -0.05) is 211 Å². The van der Waals surface area contributed by atoms with Gasteiger partial charge in [-0.2, -0.15) is 0 Å². The summed E-state index contributed by atoms with van der Waals surface area (Å²) in [4.78, 5) is 29.3. The van der Waals surface area contributed by atoms with Crippen molar-refractivity contribution in [3.8, 4) is 23.0 Å². The first-order valence-electron chi connectivity index (χ1n) is 24.5. The van der Waals surface area contributed by atoms with Gasteiger partial charge in [-0.05, 0) is 121 Å². The Labute approximate surface area is 421 Å². The van der Waals surface area contributed by atoms with Crippen molar-refractivity contribution in [2.75, 3.05) is 0 Å². The number of rotatable bonds is 14. The van der Waals surface area contributed by atoms with Crippen LogP contribution in [0.5, 0.6) is 23.0 Å². The molecule has 0 N–H and O–H groups in total. The molecule has 8 aromatic carbocycles. The maximum atomic E-state index is 14.7. The number of carbonyl (C=O) groups is 2. The lowest BCUT2D eigenvalue weighted by atomic mass is 9.77. The molecule has 71 heavy (non-hydrogen) atoms. The minimum atomic E-state index is -0.595. The van der Waals surface area contributed by atoms with Gasteiger partial charge in [-0.15, -0.1) is 0 Å². The molecule has 5 heteroatoms. The summed E-state index contributed by atoms with van der Waals surface area (Å²) in [6, 6.07) is 60.6. The van der Waals surface area contributed by atoms with E-state index in [0.717, 1.165) is 44.5 Å². The molecule has 0 unspecified atom stereocenters. The van der Waals surface area contributed by atoms with E-state index in [1.165, 1.54) is 22.3 Å². The Morgan fingerprint density at radius 3 is 0.761 bits per heavy atom. The first kappa shape index (κ1) is 49.9. The van der Waals surface area contributed by atoms with E-state index in [1.54, 1.807) is 12.1 Å². The summed E-state index contributed by atoms with van der Waals surface area (Å²) in [6.45, 7) is 25.6. The summed E-state index contributed by atoms with van der Waals surface area (Å²) in [7, 11) is 0. The molecule has 8 rings (SSSR count). The van der Waals surface area contributed by atoms with Crippen molar-refractivity contribution < 1.29 is 23.8 Å². The molecule has 0 heterocycles. The van der Waals surface area contributed by atoms with Crippen molar-refractivity contribution >= 4 is 11.9 Å².